The van der Waals surface area contributed by atoms with Gasteiger partial charge in [0.1, 0.15) is 5.82 Å². The number of amides is 1. The summed E-state index contributed by atoms with van der Waals surface area (Å²) in [6.07, 6.45) is 0.355. The molecule has 0 aliphatic rings. The van der Waals surface area contributed by atoms with Crippen molar-refractivity contribution in [2.45, 2.75) is 13.3 Å². The van der Waals surface area contributed by atoms with E-state index in [1.165, 1.54) is 0 Å². The lowest BCUT2D eigenvalue weighted by Gasteiger charge is -2.05. The summed E-state index contributed by atoms with van der Waals surface area (Å²) in [5.41, 5.74) is 0.0617. The smallest absolute Gasteiger partial charge is 0.364 e. The summed E-state index contributed by atoms with van der Waals surface area (Å²) in [4.78, 5) is 22.5. The minimum Gasteiger partial charge on any atom is -0.368 e. The van der Waals surface area contributed by atoms with Crippen LogP contribution >= 0.6 is 0 Å². The van der Waals surface area contributed by atoms with Crippen LogP contribution in [0.2, 0.25) is 0 Å². The van der Waals surface area contributed by atoms with Gasteiger partial charge >= 0.3 is 5.69 Å². The van der Waals surface area contributed by atoms with Gasteiger partial charge in [-0.1, -0.05) is 0 Å². The molecule has 2 rings (SSSR count). The van der Waals surface area contributed by atoms with E-state index in [1.807, 2.05) is 6.92 Å². The first-order valence-corrected chi connectivity index (χ1v) is 5.65. The summed E-state index contributed by atoms with van der Waals surface area (Å²) in [7, 11) is 0. The van der Waals surface area contributed by atoms with E-state index in [1.54, 1.807) is 12.1 Å². The summed E-state index contributed by atoms with van der Waals surface area (Å²) in [6.45, 7) is 2.94. The zero-order chi connectivity index (χ0) is 13.0. The largest absolute Gasteiger partial charge is 0.368 e. The number of hydrogen-bond acceptors (Lipinski definition) is 5. The van der Waals surface area contributed by atoms with Crippen molar-refractivity contribution >= 4 is 17.4 Å². The molecular formula is C10H14N6O2. The summed E-state index contributed by atoms with van der Waals surface area (Å²) in [6, 6.07) is 3.37. The number of aromatic amines is 1. The average Bonchev–Trinajstić information content (AvgIpc) is 2.71. The summed E-state index contributed by atoms with van der Waals surface area (Å²) >= 11 is 0. The fraction of sp³-hybridized carbons (Fsp3) is 0.400. The maximum absolute atomic E-state index is 11.3. The van der Waals surface area contributed by atoms with Crippen molar-refractivity contribution in [3.63, 3.8) is 0 Å². The number of rotatable bonds is 5. The Morgan fingerprint density at radius 3 is 3.11 bits per heavy atom. The van der Waals surface area contributed by atoms with Gasteiger partial charge in [0.15, 0.2) is 5.65 Å². The molecular weight excluding hydrogens is 236 g/mol. The second kappa shape index (κ2) is 5.30. The molecule has 0 radical (unpaired) electrons. The van der Waals surface area contributed by atoms with Crippen molar-refractivity contribution in [2.75, 3.05) is 18.4 Å². The van der Waals surface area contributed by atoms with Crippen molar-refractivity contribution in [1.82, 2.24) is 25.1 Å². The highest BCUT2D eigenvalue weighted by molar-refractivity contribution is 5.76. The Morgan fingerprint density at radius 1 is 1.50 bits per heavy atom. The van der Waals surface area contributed by atoms with Crippen LogP contribution in [-0.4, -0.2) is 38.8 Å². The van der Waals surface area contributed by atoms with Gasteiger partial charge < -0.3 is 10.6 Å². The first-order chi connectivity index (χ1) is 8.70. The van der Waals surface area contributed by atoms with E-state index in [0.29, 0.717) is 31.0 Å². The lowest BCUT2D eigenvalue weighted by molar-refractivity contribution is -0.120. The van der Waals surface area contributed by atoms with Crippen LogP contribution in [0.1, 0.15) is 13.3 Å². The SMILES string of the molecule is CCNC(=O)CCNc1ccc2n[nH]c(=O)n2n1. The van der Waals surface area contributed by atoms with Crippen LogP contribution in [0.4, 0.5) is 5.82 Å². The second-order valence-electron chi connectivity index (χ2n) is 3.65. The van der Waals surface area contributed by atoms with Gasteiger partial charge in [-0.25, -0.2) is 9.89 Å². The van der Waals surface area contributed by atoms with Crippen LogP contribution < -0.4 is 16.3 Å². The molecule has 2 aromatic heterocycles. The van der Waals surface area contributed by atoms with Crippen molar-refractivity contribution < 1.29 is 4.79 Å². The molecule has 0 spiro atoms. The van der Waals surface area contributed by atoms with Crippen LogP contribution in [-0.2, 0) is 4.79 Å². The highest BCUT2D eigenvalue weighted by Gasteiger charge is 2.03. The molecule has 0 fully saturated rings. The third kappa shape index (κ3) is 2.65. The molecule has 18 heavy (non-hydrogen) atoms. The maximum Gasteiger partial charge on any atom is 0.364 e. The molecule has 0 unspecified atom stereocenters. The lowest BCUT2D eigenvalue weighted by atomic mass is 10.4. The highest BCUT2D eigenvalue weighted by Crippen LogP contribution is 2.02. The third-order valence-corrected chi connectivity index (χ3v) is 2.31. The summed E-state index contributed by atoms with van der Waals surface area (Å²) < 4.78 is 1.16. The first kappa shape index (κ1) is 12.1. The number of nitrogens with zero attached hydrogens (tertiary/aromatic N) is 3. The van der Waals surface area contributed by atoms with E-state index in [2.05, 4.69) is 25.9 Å². The number of H-pyrrole nitrogens is 1. The molecule has 2 heterocycles. The predicted molar refractivity (Wildman–Crippen MR) is 65.4 cm³/mol. The maximum atomic E-state index is 11.3. The minimum absolute atomic E-state index is 0.0217. The van der Waals surface area contributed by atoms with E-state index >= 15 is 0 Å². The number of anilines is 1. The Morgan fingerprint density at radius 2 is 2.33 bits per heavy atom. The summed E-state index contributed by atoms with van der Waals surface area (Å²) in [5.74, 6) is 0.502. The predicted octanol–water partition coefficient (Wildman–Crippen LogP) is -0.644. The number of hydrogen-bond donors (Lipinski definition) is 3. The number of nitrogens with one attached hydrogen (secondary N) is 3. The van der Waals surface area contributed by atoms with Crippen molar-refractivity contribution in [1.29, 1.82) is 0 Å². The van der Waals surface area contributed by atoms with E-state index < -0.39 is 5.69 Å². The Bertz CT molecular complexity index is 602. The topological polar surface area (TPSA) is 104 Å². The second-order valence-corrected chi connectivity index (χ2v) is 3.65. The van der Waals surface area contributed by atoms with Gasteiger partial charge in [0.05, 0.1) is 0 Å². The molecule has 0 aliphatic carbocycles. The number of fused-ring (bicyclic) bond motifs is 1. The minimum atomic E-state index is -0.391. The monoisotopic (exact) mass is 250 g/mol. The van der Waals surface area contributed by atoms with E-state index in [9.17, 15) is 9.59 Å². The first-order valence-electron chi connectivity index (χ1n) is 5.65. The highest BCUT2D eigenvalue weighted by atomic mass is 16.2. The van der Waals surface area contributed by atoms with Gasteiger partial charge in [0.2, 0.25) is 5.91 Å². The van der Waals surface area contributed by atoms with Crippen LogP contribution in [0, 0.1) is 0 Å². The van der Waals surface area contributed by atoms with Gasteiger partial charge in [0.25, 0.3) is 0 Å². The number of carbonyl (C=O) groups is 1. The van der Waals surface area contributed by atoms with Gasteiger partial charge in [-0.05, 0) is 19.1 Å². The molecule has 96 valence electrons. The molecule has 0 saturated heterocycles. The molecule has 1 amide bonds. The Kier molecular flexibility index (Phi) is 3.56. The molecule has 8 nitrogen and oxygen atoms in total. The fourth-order valence-corrected chi connectivity index (χ4v) is 1.49. The van der Waals surface area contributed by atoms with Crippen LogP contribution in [0.5, 0.6) is 0 Å². The van der Waals surface area contributed by atoms with Crippen LogP contribution in [0.15, 0.2) is 16.9 Å². The van der Waals surface area contributed by atoms with E-state index in [-0.39, 0.29) is 5.91 Å². The van der Waals surface area contributed by atoms with Crippen LogP contribution in [0.25, 0.3) is 5.65 Å². The number of carbonyl (C=O) groups excluding carboxylic acids is 1. The van der Waals surface area contributed by atoms with Gasteiger partial charge in [-0.3, -0.25) is 4.79 Å². The molecule has 0 atom stereocenters. The lowest BCUT2D eigenvalue weighted by Crippen LogP contribution is -2.25. The zero-order valence-corrected chi connectivity index (χ0v) is 9.93. The molecule has 0 saturated carbocycles. The molecule has 0 aromatic carbocycles. The van der Waals surface area contributed by atoms with Gasteiger partial charge in [0, 0.05) is 19.5 Å². The summed E-state index contributed by atoms with van der Waals surface area (Å²) in [5, 5.41) is 15.8. The number of aromatic nitrogens is 4. The van der Waals surface area contributed by atoms with Crippen molar-refractivity contribution in [3.8, 4) is 0 Å². The zero-order valence-electron chi connectivity index (χ0n) is 9.93. The quantitative estimate of drug-likeness (QED) is 0.654. The molecule has 0 bridgehead atoms. The normalized spacial score (nSPS) is 10.5. The van der Waals surface area contributed by atoms with E-state index in [0.717, 1.165) is 4.52 Å². The van der Waals surface area contributed by atoms with Crippen molar-refractivity contribution in [3.05, 3.63) is 22.6 Å². The average molecular weight is 250 g/mol. The van der Waals surface area contributed by atoms with Crippen molar-refractivity contribution in [2.24, 2.45) is 0 Å². The third-order valence-electron chi connectivity index (χ3n) is 2.31. The van der Waals surface area contributed by atoms with Crippen LogP contribution in [0.3, 0.4) is 0 Å². The standard InChI is InChI=1S/C10H14N6O2/c1-2-11-9(17)5-6-12-7-3-4-8-13-14-10(18)16(8)15-7/h3-4H,2,5-6H2,1H3,(H,11,17)(H,12,15)(H,14,18). The van der Waals surface area contributed by atoms with E-state index in [4.69, 9.17) is 0 Å². The molecule has 3 N–H and O–H groups in total. The van der Waals surface area contributed by atoms with Gasteiger partial charge in [-0.2, -0.15) is 9.61 Å². The molecule has 2 aromatic rings. The Hall–Kier alpha value is -2.38. The Balaban J connectivity index is 1.97. The van der Waals surface area contributed by atoms with Gasteiger partial charge in [-0.15, -0.1) is 5.10 Å². The Labute approximate surface area is 102 Å². The fourth-order valence-electron chi connectivity index (χ4n) is 1.49. The molecule has 0 aliphatic heterocycles. The molecule has 8 heteroatoms.